The molecule has 1 aromatic rings. The second-order valence-electron chi connectivity index (χ2n) is 6.72. The zero-order valence-corrected chi connectivity index (χ0v) is 15.8. The molecular formula is C18H26FNO3S. The van der Waals surface area contributed by atoms with E-state index in [2.05, 4.69) is 4.40 Å². The Kier molecular flexibility index (Phi) is 7.73. The standard InChI is InChI=1S/C18H26FNO3S/c1-6-23-17(21)12-13(2)11-16(20-24(22)18(3,4)5)14-7-9-15(19)10-8-14/h7-10,13H,6,11-12H2,1-5H3/t13-,24?/m0/s1. The summed E-state index contributed by atoms with van der Waals surface area (Å²) in [6, 6.07) is 5.93. The molecule has 0 radical (unpaired) electrons. The van der Waals surface area contributed by atoms with E-state index in [0.29, 0.717) is 24.3 Å². The number of ether oxygens (including phenoxy) is 1. The summed E-state index contributed by atoms with van der Waals surface area (Å²) in [4.78, 5) is 11.6. The van der Waals surface area contributed by atoms with Gasteiger partial charge < -0.3 is 4.74 Å². The van der Waals surface area contributed by atoms with E-state index in [0.717, 1.165) is 0 Å². The average Bonchev–Trinajstić information content (AvgIpc) is 2.46. The van der Waals surface area contributed by atoms with Crippen molar-refractivity contribution in [1.29, 1.82) is 0 Å². The van der Waals surface area contributed by atoms with Gasteiger partial charge in [0.15, 0.2) is 0 Å². The van der Waals surface area contributed by atoms with E-state index >= 15 is 0 Å². The highest BCUT2D eigenvalue weighted by molar-refractivity contribution is 7.85. The smallest absolute Gasteiger partial charge is 0.306 e. The largest absolute Gasteiger partial charge is 0.466 e. The van der Waals surface area contributed by atoms with E-state index in [-0.39, 0.29) is 24.1 Å². The van der Waals surface area contributed by atoms with Gasteiger partial charge in [-0.25, -0.2) is 8.60 Å². The molecule has 6 heteroatoms. The number of halogens is 1. The fourth-order valence-electron chi connectivity index (χ4n) is 1.99. The molecule has 0 aromatic heterocycles. The van der Waals surface area contributed by atoms with Crippen molar-refractivity contribution in [2.24, 2.45) is 10.3 Å². The zero-order valence-electron chi connectivity index (χ0n) is 15.0. The number of benzene rings is 1. The quantitative estimate of drug-likeness (QED) is 0.547. The Bertz CT molecular complexity index is 606. The molecule has 0 spiro atoms. The van der Waals surface area contributed by atoms with Crippen LogP contribution < -0.4 is 0 Å². The summed E-state index contributed by atoms with van der Waals surface area (Å²) in [5, 5.41) is 0. The third-order valence-electron chi connectivity index (χ3n) is 3.26. The number of carbonyl (C=O) groups is 1. The molecule has 0 bridgehead atoms. The predicted octanol–water partition coefficient (Wildman–Crippen LogP) is 4.06. The van der Waals surface area contributed by atoms with Crippen LogP contribution >= 0.6 is 0 Å². The van der Waals surface area contributed by atoms with Crippen LogP contribution in [0.3, 0.4) is 0 Å². The molecule has 0 amide bonds. The highest BCUT2D eigenvalue weighted by Gasteiger charge is 2.21. The number of carbonyl (C=O) groups excluding carboxylic acids is 1. The van der Waals surface area contributed by atoms with E-state index in [1.54, 1.807) is 19.1 Å². The van der Waals surface area contributed by atoms with Crippen molar-refractivity contribution in [3.63, 3.8) is 0 Å². The molecule has 1 aromatic carbocycles. The molecule has 0 N–H and O–H groups in total. The van der Waals surface area contributed by atoms with Gasteiger partial charge in [-0.2, -0.15) is 4.40 Å². The Morgan fingerprint density at radius 3 is 2.33 bits per heavy atom. The Morgan fingerprint density at radius 1 is 1.25 bits per heavy atom. The van der Waals surface area contributed by atoms with Crippen molar-refractivity contribution in [3.8, 4) is 0 Å². The zero-order chi connectivity index (χ0) is 18.3. The lowest BCUT2D eigenvalue weighted by Gasteiger charge is -2.17. The van der Waals surface area contributed by atoms with Gasteiger partial charge in [0, 0.05) is 6.42 Å². The fourth-order valence-corrected chi connectivity index (χ4v) is 2.65. The Hall–Kier alpha value is -1.56. The summed E-state index contributed by atoms with van der Waals surface area (Å²) in [6.45, 7) is 9.56. The van der Waals surface area contributed by atoms with E-state index in [1.807, 2.05) is 27.7 Å². The van der Waals surface area contributed by atoms with Gasteiger partial charge in [0.1, 0.15) is 16.8 Å². The van der Waals surface area contributed by atoms with E-state index in [9.17, 15) is 13.4 Å². The average molecular weight is 355 g/mol. The van der Waals surface area contributed by atoms with Crippen LogP contribution in [0.1, 0.15) is 53.0 Å². The van der Waals surface area contributed by atoms with Gasteiger partial charge in [-0.15, -0.1) is 0 Å². The van der Waals surface area contributed by atoms with Crippen LogP contribution in [0.4, 0.5) is 4.39 Å². The maximum absolute atomic E-state index is 13.2. The molecule has 134 valence electrons. The lowest BCUT2D eigenvalue weighted by molar-refractivity contribution is -0.144. The first-order valence-corrected chi connectivity index (χ1v) is 9.15. The minimum Gasteiger partial charge on any atom is -0.466 e. The fraction of sp³-hybridized carbons (Fsp3) is 0.556. The minimum absolute atomic E-state index is 0.0233. The van der Waals surface area contributed by atoms with Gasteiger partial charge in [-0.1, -0.05) is 19.1 Å². The summed E-state index contributed by atoms with van der Waals surface area (Å²) in [7, 11) is -1.43. The second-order valence-corrected chi connectivity index (χ2v) is 8.63. The maximum Gasteiger partial charge on any atom is 0.306 e. The molecule has 0 aliphatic heterocycles. The highest BCUT2D eigenvalue weighted by Crippen LogP contribution is 2.19. The summed E-state index contributed by atoms with van der Waals surface area (Å²) in [5.74, 6) is -0.625. The molecule has 1 unspecified atom stereocenters. The molecule has 0 saturated heterocycles. The van der Waals surface area contributed by atoms with Crippen molar-refractivity contribution in [1.82, 2.24) is 0 Å². The molecular weight excluding hydrogens is 329 g/mol. The van der Waals surface area contributed by atoms with Crippen molar-refractivity contribution >= 4 is 22.7 Å². The van der Waals surface area contributed by atoms with Crippen LogP contribution in [0.2, 0.25) is 0 Å². The molecule has 0 fully saturated rings. The first-order valence-electron chi connectivity index (χ1n) is 8.04. The van der Waals surface area contributed by atoms with E-state index < -0.39 is 15.7 Å². The first-order chi connectivity index (χ1) is 11.1. The Labute approximate surface area is 146 Å². The summed E-state index contributed by atoms with van der Waals surface area (Å²) >= 11 is 0. The van der Waals surface area contributed by atoms with Gasteiger partial charge in [0.25, 0.3) is 0 Å². The highest BCUT2D eigenvalue weighted by atomic mass is 32.2. The number of nitrogens with zero attached hydrogens (tertiary/aromatic N) is 1. The summed E-state index contributed by atoms with van der Waals surface area (Å²) in [6.07, 6.45) is 0.725. The van der Waals surface area contributed by atoms with Crippen molar-refractivity contribution < 1.29 is 18.1 Å². The third-order valence-corrected chi connectivity index (χ3v) is 4.69. The Morgan fingerprint density at radius 2 is 1.83 bits per heavy atom. The van der Waals surface area contributed by atoms with E-state index in [4.69, 9.17) is 4.74 Å². The number of rotatable bonds is 7. The van der Waals surface area contributed by atoms with Gasteiger partial charge in [0.05, 0.1) is 17.1 Å². The Balaban J connectivity index is 3.01. The molecule has 24 heavy (non-hydrogen) atoms. The van der Waals surface area contributed by atoms with Crippen LogP contribution in [0, 0.1) is 11.7 Å². The van der Waals surface area contributed by atoms with Crippen LogP contribution in [0.25, 0.3) is 0 Å². The molecule has 2 atom stereocenters. The van der Waals surface area contributed by atoms with Gasteiger partial charge in [-0.05, 0) is 57.7 Å². The predicted molar refractivity (Wildman–Crippen MR) is 95.9 cm³/mol. The third kappa shape index (κ3) is 6.91. The maximum atomic E-state index is 13.2. The normalized spacial score (nSPS) is 15.0. The van der Waals surface area contributed by atoms with Gasteiger partial charge >= 0.3 is 5.97 Å². The van der Waals surface area contributed by atoms with Gasteiger partial charge in [-0.3, -0.25) is 4.79 Å². The molecule has 4 nitrogen and oxygen atoms in total. The molecule has 0 heterocycles. The first kappa shape index (κ1) is 20.5. The summed E-state index contributed by atoms with van der Waals surface area (Å²) < 4.78 is 34.4. The molecule has 0 saturated carbocycles. The minimum atomic E-state index is -1.43. The van der Waals surface area contributed by atoms with Crippen molar-refractivity contribution in [2.75, 3.05) is 6.61 Å². The lowest BCUT2D eigenvalue weighted by atomic mass is 9.96. The van der Waals surface area contributed by atoms with Crippen molar-refractivity contribution in [2.45, 2.75) is 52.2 Å². The molecule has 0 aliphatic rings. The summed E-state index contributed by atoms with van der Waals surface area (Å²) in [5.41, 5.74) is 1.32. The lowest BCUT2D eigenvalue weighted by Crippen LogP contribution is -2.22. The number of esters is 1. The van der Waals surface area contributed by atoms with E-state index in [1.165, 1.54) is 12.1 Å². The van der Waals surface area contributed by atoms with Crippen LogP contribution in [0.15, 0.2) is 28.7 Å². The topological polar surface area (TPSA) is 55.7 Å². The molecule has 0 aliphatic carbocycles. The van der Waals surface area contributed by atoms with Crippen LogP contribution in [0.5, 0.6) is 0 Å². The number of hydrogen-bond acceptors (Lipinski definition) is 3. The second kappa shape index (κ2) is 9.06. The van der Waals surface area contributed by atoms with Gasteiger partial charge in [0.2, 0.25) is 0 Å². The number of hydrogen-bond donors (Lipinski definition) is 0. The molecule has 1 rings (SSSR count). The monoisotopic (exact) mass is 355 g/mol. The van der Waals surface area contributed by atoms with Crippen LogP contribution in [-0.4, -0.2) is 27.2 Å². The van der Waals surface area contributed by atoms with Crippen molar-refractivity contribution in [3.05, 3.63) is 35.6 Å². The van der Waals surface area contributed by atoms with Crippen LogP contribution in [-0.2, 0) is 20.5 Å². The SMILES string of the molecule is CCOC(=O)C[C@@H](C)CC(=NS(=O)C(C)(C)C)c1ccc(F)cc1.